The second kappa shape index (κ2) is 15.5. The van der Waals surface area contributed by atoms with Crippen LogP contribution in [-0.2, 0) is 16.0 Å². The number of hydrogen-bond donors (Lipinski definition) is 1. The Morgan fingerprint density at radius 3 is 1.75 bits per heavy atom. The maximum Gasteiger partial charge on any atom is 0.414 e. The number of benzene rings is 6. The molecule has 0 bridgehead atoms. The summed E-state index contributed by atoms with van der Waals surface area (Å²) in [7, 11) is 1.58. The van der Waals surface area contributed by atoms with E-state index in [0.717, 1.165) is 35.1 Å². The Morgan fingerprint density at radius 2 is 1.21 bits per heavy atom. The highest BCUT2D eigenvalue weighted by Crippen LogP contribution is 2.46. The number of rotatable bonds is 9. The van der Waals surface area contributed by atoms with Gasteiger partial charge in [-0.05, 0) is 92.7 Å². The van der Waals surface area contributed by atoms with Gasteiger partial charge in [0.25, 0.3) is 0 Å². The van der Waals surface area contributed by atoms with E-state index in [1.165, 1.54) is 33.4 Å². The minimum Gasteiger partial charge on any atom is -0.495 e. The number of piperidine rings is 1. The molecule has 2 amide bonds. The van der Waals surface area contributed by atoms with E-state index in [-0.39, 0.29) is 37.0 Å². The van der Waals surface area contributed by atoms with E-state index in [4.69, 9.17) is 19.9 Å². The van der Waals surface area contributed by atoms with Crippen LogP contribution >= 0.6 is 0 Å². The Labute approximate surface area is 333 Å². The molecule has 1 saturated heterocycles. The van der Waals surface area contributed by atoms with Crippen molar-refractivity contribution in [3.8, 4) is 28.0 Å². The zero-order valence-corrected chi connectivity index (χ0v) is 32.0. The van der Waals surface area contributed by atoms with Crippen LogP contribution in [0.2, 0.25) is 0 Å². The van der Waals surface area contributed by atoms with Gasteiger partial charge in [-0.3, -0.25) is 4.90 Å². The fourth-order valence-electron chi connectivity index (χ4n) is 9.00. The average Bonchev–Trinajstić information content (AvgIpc) is 3.76. The molecule has 2 aliphatic carbocycles. The van der Waals surface area contributed by atoms with E-state index in [2.05, 4.69) is 72.8 Å². The average molecular weight is 756 g/mol. The van der Waals surface area contributed by atoms with Crippen LogP contribution in [0.25, 0.3) is 22.3 Å². The second-order valence-corrected chi connectivity index (χ2v) is 15.1. The molecule has 9 rings (SSSR count). The number of carbonyl (C=O) groups is 2. The van der Waals surface area contributed by atoms with Gasteiger partial charge in [0.1, 0.15) is 19.0 Å². The zero-order valence-electron chi connectivity index (χ0n) is 32.0. The number of amides is 2. The molecule has 1 unspecified atom stereocenters. The number of fused-ring (bicyclic) bond motifs is 6. The normalized spacial score (nSPS) is 15.6. The molecule has 1 atom stereocenters. The molecule has 8 nitrogen and oxygen atoms in total. The molecule has 6 aromatic rings. The maximum atomic E-state index is 14.1. The van der Waals surface area contributed by atoms with Crippen molar-refractivity contribution in [2.45, 2.75) is 37.1 Å². The third-order valence-electron chi connectivity index (χ3n) is 11.9. The Balaban J connectivity index is 0.900. The van der Waals surface area contributed by atoms with Gasteiger partial charge in [0.2, 0.25) is 0 Å². The van der Waals surface area contributed by atoms with E-state index in [9.17, 15) is 9.59 Å². The van der Waals surface area contributed by atoms with Gasteiger partial charge in [0.15, 0.2) is 0 Å². The molecule has 2 N–H and O–H groups in total. The third-order valence-corrected chi connectivity index (χ3v) is 11.9. The number of likely N-dealkylation sites (tertiary alicyclic amines) is 1. The summed E-state index contributed by atoms with van der Waals surface area (Å²) < 4.78 is 17.7. The Hall–Kier alpha value is -6.54. The van der Waals surface area contributed by atoms with Crippen LogP contribution in [0.1, 0.15) is 64.0 Å². The summed E-state index contributed by atoms with van der Waals surface area (Å²) in [6.45, 7) is 1.99. The van der Waals surface area contributed by atoms with Gasteiger partial charge in [-0.15, -0.1) is 0 Å². The highest BCUT2D eigenvalue weighted by Gasteiger charge is 2.33. The molecule has 0 spiro atoms. The number of methoxy groups -OCH3 is 1. The highest BCUT2D eigenvalue weighted by molar-refractivity contribution is 5.88. The number of nitrogen functional groups attached to an aromatic ring is 1. The van der Waals surface area contributed by atoms with Crippen LogP contribution in [-0.4, -0.2) is 50.5 Å². The van der Waals surface area contributed by atoms with Crippen molar-refractivity contribution in [1.29, 1.82) is 0 Å². The van der Waals surface area contributed by atoms with Crippen LogP contribution in [0.5, 0.6) is 5.75 Å². The maximum absolute atomic E-state index is 14.1. The molecular formula is C49H45N3O5. The van der Waals surface area contributed by atoms with Crippen molar-refractivity contribution < 1.29 is 23.8 Å². The van der Waals surface area contributed by atoms with Crippen molar-refractivity contribution in [3.05, 3.63) is 173 Å². The molecule has 3 aliphatic rings. The van der Waals surface area contributed by atoms with Crippen LogP contribution in [0.15, 0.2) is 140 Å². The predicted octanol–water partition coefficient (Wildman–Crippen LogP) is 10.4. The standard InChI is InChI=1S/C49H45N3O5/c1-55-47-27-32(20-25-46(47)50)28-52(49(54)57-31-45-42-18-8-4-14-38(42)39-15-5-9-19-43(39)45)35-23-21-33(22-24-35)34-11-10-26-51(29-34)48(53)56-30-44-40-16-6-2-12-36(40)37-13-3-7-17-41(37)44/h2-9,12-25,27,34,44-45H,10-11,26,28-31,50H2,1H3. The molecule has 57 heavy (non-hydrogen) atoms. The van der Waals surface area contributed by atoms with Gasteiger partial charge >= 0.3 is 12.2 Å². The van der Waals surface area contributed by atoms with E-state index in [1.807, 2.05) is 65.6 Å². The monoisotopic (exact) mass is 755 g/mol. The first-order chi connectivity index (χ1) is 28.0. The molecule has 0 aromatic heterocycles. The van der Waals surface area contributed by atoms with E-state index in [0.29, 0.717) is 36.8 Å². The van der Waals surface area contributed by atoms with E-state index >= 15 is 0 Å². The molecule has 8 heteroatoms. The summed E-state index contributed by atoms with van der Waals surface area (Å²) in [4.78, 5) is 31.2. The first kappa shape index (κ1) is 36.1. The SMILES string of the molecule is COc1cc(CN(C(=O)OCC2c3ccccc3-c3ccccc32)c2ccc(C3CCCN(C(=O)OCC4c5ccccc5-c5ccccc54)C3)cc2)ccc1N. The fraction of sp³-hybridized carbons (Fsp3) is 0.224. The van der Waals surface area contributed by atoms with Crippen molar-refractivity contribution >= 4 is 23.6 Å². The predicted molar refractivity (Wildman–Crippen MR) is 224 cm³/mol. The summed E-state index contributed by atoms with van der Waals surface area (Å²) in [6.07, 6.45) is 1.10. The molecule has 0 saturated carbocycles. The van der Waals surface area contributed by atoms with Gasteiger partial charge in [-0.2, -0.15) is 0 Å². The Morgan fingerprint density at radius 1 is 0.684 bits per heavy atom. The van der Waals surface area contributed by atoms with Gasteiger partial charge in [0.05, 0.1) is 19.3 Å². The lowest BCUT2D eigenvalue weighted by Gasteiger charge is -2.33. The quantitative estimate of drug-likeness (QED) is 0.148. The summed E-state index contributed by atoms with van der Waals surface area (Å²) in [5.74, 6) is 0.641. The van der Waals surface area contributed by atoms with Crippen molar-refractivity contribution in [2.75, 3.05) is 44.0 Å². The van der Waals surface area contributed by atoms with Crippen molar-refractivity contribution in [2.24, 2.45) is 0 Å². The number of hydrogen-bond acceptors (Lipinski definition) is 6. The van der Waals surface area contributed by atoms with Gasteiger partial charge in [-0.1, -0.05) is 115 Å². The molecular weight excluding hydrogens is 711 g/mol. The van der Waals surface area contributed by atoms with E-state index in [1.54, 1.807) is 18.1 Å². The van der Waals surface area contributed by atoms with Crippen molar-refractivity contribution in [3.63, 3.8) is 0 Å². The summed E-state index contributed by atoms with van der Waals surface area (Å²) in [6, 6.07) is 47.0. The first-order valence-corrected chi connectivity index (χ1v) is 19.7. The molecule has 0 radical (unpaired) electrons. The Kier molecular flexibility index (Phi) is 9.85. The third kappa shape index (κ3) is 6.97. The van der Waals surface area contributed by atoms with Gasteiger partial charge < -0.3 is 24.8 Å². The molecule has 1 aliphatic heterocycles. The van der Waals surface area contributed by atoms with Crippen LogP contribution in [0.3, 0.4) is 0 Å². The summed E-state index contributed by atoms with van der Waals surface area (Å²) in [5.41, 5.74) is 18.8. The molecule has 1 heterocycles. The van der Waals surface area contributed by atoms with Crippen molar-refractivity contribution in [1.82, 2.24) is 4.90 Å². The molecule has 1 fully saturated rings. The lowest BCUT2D eigenvalue weighted by atomic mass is 9.90. The van der Waals surface area contributed by atoms with Gasteiger partial charge in [0, 0.05) is 36.5 Å². The summed E-state index contributed by atoms with van der Waals surface area (Å²) in [5, 5.41) is 0. The smallest absolute Gasteiger partial charge is 0.414 e. The van der Waals surface area contributed by atoms with Gasteiger partial charge in [-0.25, -0.2) is 9.59 Å². The van der Waals surface area contributed by atoms with E-state index < -0.39 is 6.09 Å². The summed E-state index contributed by atoms with van der Waals surface area (Å²) >= 11 is 0. The lowest BCUT2D eigenvalue weighted by Crippen LogP contribution is -2.40. The highest BCUT2D eigenvalue weighted by atomic mass is 16.6. The first-order valence-electron chi connectivity index (χ1n) is 19.7. The number of nitrogens with two attached hydrogens (primary N) is 1. The molecule has 6 aromatic carbocycles. The number of carbonyl (C=O) groups excluding carboxylic acids is 2. The number of ether oxygens (including phenoxy) is 3. The topological polar surface area (TPSA) is 94.3 Å². The van der Waals surface area contributed by atoms with Crippen LogP contribution < -0.4 is 15.4 Å². The minimum atomic E-state index is -0.445. The van der Waals surface area contributed by atoms with Crippen LogP contribution in [0.4, 0.5) is 21.0 Å². The second-order valence-electron chi connectivity index (χ2n) is 15.1. The number of anilines is 2. The van der Waals surface area contributed by atoms with Crippen LogP contribution in [0, 0.1) is 0 Å². The number of nitrogens with zero attached hydrogens (tertiary/aromatic N) is 2. The Bertz CT molecular complexity index is 2350. The minimum absolute atomic E-state index is 0.0169. The fourth-order valence-corrected chi connectivity index (χ4v) is 9.00. The largest absolute Gasteiger partial charge is 0.495 e. The lowest BCUT2D eigenvalue weighted by molar-refractivity contribution is 0.0892. The zero-order chi connectivity index (χ0) is 38.9. The molecule has 286 valence electrons.